The van der Waals surface area contributed by atoms with Gasteiger partial charge in [0, 0.05) is 12.0 Å². The van der Waals surface area contributed by atoms with Crippen molar-refractivity contribution < 1.29 is 18.0 Å². The van der Waals surface area contributed by atoms with E-state index in [1.54, 1.807) is 0 Å². The van der Waals surface area contributed by atoms with E-state index in [1.807, 2.05) is 6.07 Å². The van der Waals surface area contributed by atoms with E-state index in [0.717, 1.165) is 11.0 Å². The van der Waals surface area contributed by atoms with Crippen molar-refractivity contribution in [1.82, 2.24) is 0 Å². The van der Waals surface area contributed by atoms with Gasteiger partial charge in [-0.15, -0.1) is 0 Å². The van der Waals surface area contributed by atoms with Crippen LogP contribution in [0.2, 0.25) is 0 Å². The minimum Gasteiger partial charge on any atom is -0.293 e. The van der Waals surface area contributed by atoms with Gasteiger partial charge in [0.1, 0.15) is 5.54 Å². The number of nitrogens with zero attached hydrogens (tertiary/aromatic N) is 2. The van der Waals surface area contributed by atoms with Crippen LogP contribution in [0.1, 0.15) is 31.4 Å². The average molecular weight is 294 g/mol. The molecule has 0 saturated heterocycles. The Balaban J connectivity index is 2.73. The van der Waals surface area contributed by atoms with Crippen molar-refractivity contribution in [1.29, 1.82) is 5.26 Å². The first-order valence-electron chi connectivity index (χ1n) is 6.29. The van der Waals surface area contributed by atoms with Crippen LogP contribution in [0.5, 0.6) is 0 Å². The molecule has 0 aromatic heterocycles. The van der Waals surface area contributed by atoms with Crippen LogP contribution in [0.25, 0.3) is 6.08 Å². The highest BCUT2D eigenvalue weighted by Gasteiger charge is 2.39. The number of halogens is 3. The molecule has 1 aromatic carbocycles. The SMILES string of the molecule is CC(C)(C#N)N1C(=O)CC=Cc2c1cccc2C(F)(F)F. The van der Waals surface area contributed by atoms with Gasteiger partial charge in [0.2, 0.25) is 5.91 Å². The fourth-order valence-electron chi connectivity index (χ4n) is 2.34. The van der Waals surface area contributed by atoms with E-state index in [0.29, 0.717) is 0 Å². The Labute approximate surface area is 120 Å². The van der Waals surface area contributed by atoms with Crippen molar-refractivity contribution in [3.8, 4) is 6.07 Å². The molecule has 3 nitrogen and oxygen atoms in total. The van der Waals surface area contributed by atoms with Gasteiger partial charge in [0.15, 0.2) is 0 Å². The van der Waals surface area contributed by atoms with Gasteiger partial charge in [-0.25, -0.2) is 0 Å². The number of amides is 1. The van der Waals surface area contributed by atoms with Crippen molar-refractivity contribution in [2.75, 3.05) is 4.90 Å². The number of fused-ring (bicyclic) bond motifs is 1. The minimum absolute atomic E-state index is 0.0446. The lowest BCUT2D eigenvalue weighted by molar-refractivity contribution is -0.137. The Morgan fingerprint density at radius 2 is 1.95 bits per heavy atom. The Bertz CT molecular complexity index is 654. The van der Waals surface area contributed by atoms with E-state index in [4.69, 9.17) is 0 Å². The van der Waals surface area contributed by atoms with Gasteiger partial charge < -0.3 is 0 Å². The molecule has 6 heteroatoms. The van der Waals surface area contributed by atoms with Crippen molar-refractivity contribution in [3.63, 3.8) is 0 Å². The molecule has 0 bridgehead atoms. The number of nitriles is 1. The van der Waals surface area contributed by atoms with Crippen LogP contribution in [0.3, 0.4) is 0 Å². The molecule has 0 radical (unpaired) electrons. The van der Waals surface area contributed by atoms with Crippen LogP contribution in [0.15, 0.2) is 24.3 Å². The molecule has 2 rings (SSSR count). The van der Waals surface area contributed by atoms with E-state index in [9.17, 15) is 23.2 Å². The van der Waals surface area contributed by atoms with Crippen LogP contribution in [-0.2, 0) is 11.0 Å². The third-order valence-corrected chi connectivity index (χ3v) is 3.29. The molecule has 21 heavy (non-hydrogen) atoms. The number of carbonyl (C=O) groups is 1. The summed E-state index contributed by atoms with van der Waals surface area (Å²) in [7, 11) is 0. The molecule has 0 N–H and O–H groups in total. The van der Waals surface area contributed by atoms with Crippen LogP contribution >= 0.6 is 0 Å². The fraction of sp³-hybridized carbons (Fsp3) is 0.333. The highest BCUT2D eigenvalue weighted by molar-refractivity contribution is 6.00. The third-order valence-electron chi connectivity index (χ3n) is 3.29. The lowest BCUT2D eigenvalue weighted by Crippen LogP contribution is -2.47. The largest absolute Gasteiger partial charge is 0.417 e. The lowest BCUT2D eigenvalue weighted by atomic mass is 9.99. The van der Waals surface area contributed by atoms with Gasteiger partial charge in [-0.1, -0.05) is 18.2 Å². The van der Waals surface area contributed by atoms with Crippen molar-refractivity contribution in [2.45, 2.75) is 32.0 Å². The second-order valence-electron chi connectivity index (χ2n) is 5.24. The number of carbonyl (C=O) groups excluding carboxylic acids is 1. The van der Waals surface area contributed by atoms with E-state index < -0.39 is 23.2 Å². The maximum atomic E-state index is 13.1. The Morgan fingerprint density at radius 3 is 2.52 bits per heavy atom. The molecule has 1 aromatic rings. The monoisotopic (exact) mass is 294 g/mol. The first-order chi connectivity index (χ1) is 9.68. The Kier molecular flexibility index (Phi) is 3.54. The average Bonchev–Trinajstić information content (AvgIpc) is 2.55. The predicted molar refractivity (Wildman–Crippen MR) is 72.3 cm³/mol. The molecule has 0 fully saturated rings. The van der Waals surface area contributed by atoms with E-state index >= 15 is 0 Å². The molecule has 1 aliphatic heterocycles. The maximum Gasteiger partial charge on any atom is 0.417 e. The summed E-state index contributed by atoms with van der Waals surface area (Å²) in [5.41, 5.74) is -2.03. The van der Waals surface area contributed by atoms with Crippen LogP contribution in [0.4, 0.5) is 18.9 Å². The van der Waals surface area contributed by atoms with Crippen LogP contribution < -0.4 is 4.90 Å². The summed E-state index contributed by atoms with van der Waals surface area (Å²) in [6.07, 6.45) is -1.88. The van der Waals surface area contributed by atoms with E-state index in [2.05, 4.69) is 0 Å². The number of benzene rings is 1. The summed E-state index contributed by atoms with van der Waals surface area (Å²) < 4.78 is 39.3. The molecular weight excluding hydrogens is 281 g/mol. The Morgan fingerprint density at radius 1 is 1.29 bits per heavy atom. The van der Waals surface area contributed by atoms with Gasteiger partial charge >= 0.3 is 6.18 Å². The quantitative estimate of drug-likeness (QED) is 0.791. The number of hydrogen-bond donors (Lipinski definition) is 0. The van der Waals surface area contributed by atoms with Crippen LogP contribution in [0, 0.1) is 11.3 Å². The van der Waals surface area contributed by atoms with Crippen molar-refractivity contribution in [2.24, 2.45) is 0 Å². The zero-order chi connectivity index (χ0) is 15.8. The van der Waals surface area contributed by atoms with Crippen LogP contribution in [-0.4, -0.2) is 11.4 Å². The number of hydrogen-bond acceptors (Lipinski definition) is 2. The van der Waals surface area contributed by atoms with Gasteiger partial charge in [0.25, 0.3) is 0 Å². The molecule has 1 amide bonds. The summed E-state index contributed by atoms with van der Waals surface area (Å²) in [5.74, 6) is -0.407. The predicted octanol–water partition coefficient (Wildman–Crippen LogP) is 3.76. The molecule has 0 spiro atoms. The van der Waals surface area contributed by atoms with Gasteiger partial charge in [-0.2, -0.15) is 18.4 Å². The van der Waals surface area contributed by atoms with Gasteiger partial charge in [0.05, 0.1) is 17.3 Å². The molecule has 1 heterocycles. The summed E-state index contributed by atoms with van der Waals surface area (Å²) in [6, 6.07) is 5.61. The topological polar surface area (TPSA) is 44.1 Å². The summed E-state index contributed by atoms with van der Waals surface area (Å²) >= 11 is 0. The molecular formula is C15H13F3N2O. The Hall–Kier alpha value is -2.29. The highest BCUT2D eigenvalue weighted by Crippen LogP contribution is 2.40. The summed E-state index contributed by atoms with van der Waals surface area (Å²) in [5, 5.41) is 9.22. The molecule has 1 aliphatic rings. The maximum absolute atomic E-state index is 13.1. The fourth-order valence-corrected chi connectivity index (χ4v) is 2.34. The molecule has 0 aliphatic carbocycles. The summed E-state index contributed by atoms with van der Waals surface area (Å²) in [4.78, 5) is 13.3. The second-order valence-corrected chi connectivity index (χ2v) is 5.24. The normalized spacial score (nSPS) is 15.4. The van der Waals surface area contributed by atoms with E-state index in [1.165, 1.54) is 38.1 Å². The van der Waals surface area contributed by atoms with Crippen molar-refractivity contribution in [3.05, 3.63) is 35.4 Å². The van der Waals surface area contributed by atoms with Crippen molar-refractivity contribution >= 4 is 17.7 Å². The first-order valence-corrected chi connectivity index (χ1v) is 6.29. The number of anilines is 1. The molecule has 0 unspecified atom stereocenters. The summed E-state index contributed by atoms with van der Waals surface area (Å²) in [6.45, 7) is 3.00. The van der Waals surface area contributed by atoms with Gasteiger partial charge in [-0.05, 0) is 26.0 Å². The number of alkyl halides is 3. The van der Waals surface area contributed by atoms with Gasteiger partial charge in [-0.3, -0.25) is 9.69 Å². The minimum atomic E-state index is -4.52. The highest BCUT2D eigenvalue weighted by atomic mass is 19.4. The molecule has 0 atom stereocenters. The van der Waals surface area contributed by atoms with E-state index in [-0.39, 0.29) is 17.7 Å². The smallest absolute Gasteiger partial charge is 0.293 e. The zero-order valence-electron chi connectivity index (χ0n) is 11.5. The third kappa shape index (κ3) is 2.64. The lowest BCUT2D eigenvalue weighted by Gasteiger charge is -2.34. The standard InChI is InChI=1S/C15H13F3N2O/c1-14(2,9-19)20-12-7-4-6-11(15(16,17)18)10(12)5-3-8-13(20)21/h3-7H,8H2,1-2H3. The second kappa shape index (κ2) is 4.92. The zero-order valence-corrected chi connectivity index (χ0v) is 11.5. The molecule has 110 valence electrons. The molecule has 0 saturated carbocycles. The number of rotatable bonds is 1. The first kappa shape index (κ1) is 15.1.